The van der Waals surface area contributed by atoms with Gasteiger partial charge in [-0.25, -0.2) is 14.8 Å². The highest BCUT2D eigenvalue weighted by Crippen LogP contribution is 2.28. The maximum atomic E-state index is 11.4. The molecule has 1 atom stereocenters. The molecule has 0 saturated carbocycles. The Bertz CT molecular complexity index is 816. The summed E-state index contributed by atoms with van der Waals surface area (Å²) in [7, 11) is 0. The summed E-state index contributed by atoms with van der Waals surface area (Å²) in [5, 5.41) is 9.78. The van der Waals surface area contributed by atoms with Gasteiger partial charge in [0.15, 0.2) is 5.65 Å². The lowest BCUT2D eigenvalue weighted by Gasteiger charge is -2.12. The lowest BCUT2D eigenvalue weighted by Crippen LogP contribution is -2.17. The minimum Gasteiger partial charge on any atom is -0.480 e. The van der Waals surface area contributed by atoms with Crippen LogP contribution in [0.4, 0.5) is 0 Å². The molecule has 6 nitrogen and oxygen atoms in total. The SMILES string of the molecule is CC(C(=O)O)n1c(-c2ccncc2)nc2cc(Cl)cnc21. The zero-order valence-corrected chi connectivity index (χ0v) is 11.8. The molecule has 3 heterocycles. The summed E-state index contributed by atoms with van der Waals surface area (Å²) < 4.78 is 1.59. The number of aliphatic carboxylic acids is 1. The molecule has 1 unspecified atom stereocenters. The van der Waals surface area contributed by atoms with Crippen molar-refractivity contribution in [2.24, 2.45) is 0 Å². The molecule has 21 heavy (non-hydrogen) atoms. The smallest absolute Gasteiger partial charge is 0.326 e. The van der Waals surface area contributed by atoms with E-state index in [1.54, 1.807) is 42.1 Å². The minimum atomic E-state index is -0.957. The van der Waals surface area contributed by atoms with E-state index >= 15 is 0 Å². The Morgan fingerprint density at radius 1 is 1.38 bits per heavy atom. The maximum absolute atomic E-state index is 11.4. The first-order valence-electron chi connectivity index (χ1n) is 6.24. The Kier molecular flexibility index (Phi) is 3.31. The van der Waals surface area contributed by atoms with E-state index < -0.39 is 12.0 Å². The van der Waals surface area contributed by atoms with Crippen molar-refractivity contribution in [2.45, 2.75) is 13.0 Å². The van der Waals surface area contributed by atoms with Crippen molar-refractivity contribution < 1.29 is 9.90 Å². The van der Waals surface area contributed by atoms with E-state index in [0.717, 1.165) is 5.56 Å². The van der Waals surface area contributed by atoms with Crippen molar-refractivity contribution >= 4 is 28.7 Å². The molecule has 0 aliphatic heterocycles. The van der Waals surface area contributed by atoms with Gasteiger partial charge in [-0.3, -0.25) is 9.55 Å². The molecule has 1 N–H and O–H groups in total. The molecule has 0 radical (unpaired) electrons. The predicted molar refractivity (Wildman–Crippen MR) is 78.1 cm³/mol. The van der Waals surface area contributed by atoms with Gasteiger partial charge in [0.25, 0.3) is 0 Å². The average Bonchev–Trinajstić information content (AvgIpc) is 2.85. The second-order valence-electron chi connectivity index (χ2n) is 4.55. The minimum absolute atomic E-state index is 0.455. The largest absolute Gasteiger partial charge is 0.480 e. The van der Waals surface area contributed by atoms with Crippen LogP contribution in [0.3, 0.4) is 0 Å². The standard InChI is InChI=1S/C14H11ClN4O2/c1-8(14(20)21)19-12(9-2-4-16-5-3-9)18-11-6-10(15)7-17-13(11)19/h2-8H,1H3,(H,20,21). The third kappa shape index (κ3) is 2.34. The number of hydrogen-bond donors (Lipinski definition) is 1. The summed E-state index contributed by atoms with van der Waals surface area (Å²) in [6.07, 6.45) is 4.74. The van der Waals surface area contributed by atoms with Crippen LogP contribution in [0.1, 0.15) is 13.0 Å². The lowest BCUT2D eigenvalue weighted by molar-refractivity contribution is -0.140. The van der Waals surface area contributed by atoms with Gasteiger partial charge in [0, 0.05) is 24.2 Å². The molecule has 3 aromatic heterocycles. The molecule has 0 fully saturated rings. The van der Waals surface area contributed by atoms with Crippen molar-refractivity contribution in [3.63, 3.8) is 0 Å². The normalized spacial score (nSPS) is 12.5. The number of hydrogen-bond acceptors (Lipinski definition) is 4. The van der Waals surface area contributed by atoms with Crippen molar-refractivity contribution in [2.75, 3.05) is 0 Å². The van der Waals surface area contributed by atoms with Crippen LogP contribution in [0.25, 0.3) is 22.6 Å². The van der Waals surface area contributed by atoms with Gasteiger partial charge in [0.1, 0.15) is 17.4 Å². The molecule has 7 heteroatoms. The van der Waals surface area contributed by atoms with E-state index in [0.29, 0.717) is 22.0 Å². The highest BCUT2D eigenvalue weighted by Gasteiger charge is 2.22. The number of aromatic nitrogens is 4. The van der Waals surface area contributed by atoms with Gasteiger partial charge in [-0.15, -0.1) is 0 Å². The van der Waals surface area contributed by atoms with E-state index in [4.69, 9.17) is 11.6 Å². The van der Waals surface area contributed by atoms with Crippen molar-refractivity contribution in [1.82, 2.24) is 19.5 Å². The summed E-state index contributed by atoms with van der Waals surface area (Å²) in [4.78, 5) is 24.0. The summed E-state index contributed by atoms with van der Waals surface area (Å²) in [6, 6.07) is 4.41. The first kappa shape index (κ1) is 13.5. The van der Waals surface area contributed by atoms with Crippen LogP contribution in [0, 0.1) is 0 Å². The quantitative estimate of drug-likeness (QED) is 0.804. The molecule has 3 rings (SSSR count). The summed E-state index contributed by atoms with van der Waals surface area (Å²) in [6.45, 7) is 1.59. The molecule has 0 bridgehead atoms. The molecule has 0 aliphatic rings. The highest BCUT2D eigenvalue weighted by atomic mass is 35.5. The molecular formula is C14H11ClN4O2. The molecule has 0 aliphatic carbocycles. The van der Waals surface area contributed by atoms with Crippen molar-refractivity contribution in [3.05, 3.63) is 41.8 Å². The lowest BCUT2D eigenvalue weighted by atomic mass is 10.2. The number of nitrogens with zero attached hydrogens (tertiary/aromatic N) is 4. The summed E-state index contributed by atoms with van der Waals surface area (Å²) in [5.74, 6) is -0.432. The topological polar surface area (TPSA) is 80.9 Å². The average molecular weight is 303 g/mol. The van der Waals surface area contributed by atoms with Crippen LogP contribution in [0.5, 0.6) is 0 Å². The van der Waals surface area contributed by atoms with Gasteiger partial charge in [-0.2, -0.15) is 0 Å². The summed E-state index contributed by atoms with van der Waals surface area (Å²) >= 11 is 5.93. The highest BCUT2D eigenvalue weighted by molar-refractivity contribution is 6.31. The fourth-order valence-electron chi connectivity index (χ4n) is 2.14. The van der Waals surface area contributed by atoms with Crippen LogP contribution in [0.2, 0.25) is 5.02 Å². The Morgan fingerprint density at radius 2 is 2.10 bits per heavy atom. The Morgan fingerprint density at radius 3 is 2.76 bits per heavy atom. The summed E-state index contributed by atoms with van der Waals surface area (Å²) in [5.41, 5.74) is 1.82. The number of fused-ring (bicyclic) bond motifs is 1. The zero-order chi connectivity index (χ0) is 15.0. The van der Waals surface area contributed by atoms with Crippen LogP contribution in [0.15, 0.2) is 36.8 Å². The van der Waals surface area contributed by atoms with Gasteiger partial charge >= 0.3 is 5.97 Å². The number of carboxylic acids is 1. The van der Waals surface area contributed by atoms with Crippen LogP contribution in [-0.2, 0) is 4.79 Å². The third-order valence-electron chi connectivity index (χ3n) is 3.18. The number of pyridine rings is 2. The molecule has 0 aromatic carbocycles. The van der Waals surface area contributed by atoms with Crippen LogP contribution >= 0.6 is 11.6 Å². The van der Waals surface area contributed by atoms with Crippen LogP contribution in [-0.4, -0.2) is 30.6 Å². The molecule has 0 spiro atoms. The maximum Gasteiger partial charge on any atom is 0.326 e. The van der Waals surface area contributed by atoms with E-state index in [-0.39, 0.29) is 0 Å². The van der Waals surface area contributed by atoms with Crippen molar-refractivity contribution in [1.29, 1.82) is 0 Å². The van der Waals surface area contributed by atoms with Gasteiger partial charge in [0.2, 0.25) is 0 Å². The van der Waals surface area contributed by atoms with E-state index in [1.807, 2.05) is 0 Å². The van der Waals surface area contributed by atoms with E-state index in [2.05, 4.69) is 15.0 Å². The van der Waals surface area contributed by atoms with Crippen molar-refractivity contribution in [3.8, 4) is 11.4 Å². The Hall–Kier alpha value is -2.47. The van der Waals surface area contributed by atoms with E-state index in [1.165, 1.54) is 6.20 Å². The number of halogens is 1. The van der Waals surface area contributed by atoms with Gasteiger partial charge in [0.05, 0.1) is 5.02 Å². The molecule has 3 aromatic rings. The Labute approximate surface area is 125 Å². The van der Waals surface area contributed by atoms with Gasteiger partial charge in [-0.05, 0) is 25.1 Å². The second kappa shape index (κ2) is 5.14. The fraction of sp³-hybridized carbons (Fsp3) is 0.143. The predicted octanol–water partition coefficient (Wildman–Crippen LogP) is 2.79. The molecule has 0 amide bonds. The Balaban J connectivity index is 2.32. The van der Waals surface area contributed by atoms with Gasteiger partial charge < -0.3 is 5.11 Å². The number of rotatable bonds is 3. The number of carboxylic acid groups (broad SMARTS) is 1. The monoisotopic (exact) mass is 302 g/mol. The second-order valence-corrected chi connectivity index (χ2v) is 4.99. The fourth-order valence-corrected chi connectivity index (χ4v) is 2.29. The number of imidazole rings is 1. The number of carbonyl (C=O) groups is 1. The first-order chi connectivity index (χ1) is 10.1. The molecule has 0 saturated heterocycles. The first-order valence-corrected chi connectivity index (χ1v) is 6.62. The van der Waals surface area contributed by atoms with E-state index in [9.17, 15) is 9.90 Å². The zero-order valence-electron chi connectivity index (χ0n) is 11.1. The molecular weight excluding hydrogens is 292 g/mol. The third-order valence-corrected chi connectivity index (χ3v) is 3.39. The molecule has 106 valence electrons. The van der Waals surface area contributed by atoms with Crippen LogP contribution < -0.4 is 0 Å². The van der Waals surface area contributed by atoms with Gasteiger partial charge in [-0.1, -0.05) is 11.6 Å².